The molecule has 23 heavy (non-hydrogen) atoms. The lowest BCUT2D eigenvalue weighted by molar-refractivity contribution is 0.330. The Morgan fingerprint density at radius 3 is 3.17 bits per heavy atom. The molecule has 1 aromatic carbocycles. The Labute approximate surface area is 136 Å². The van der Waals surface area contributed by atoms with Crippen molar-refractivity contribution in [2.75, 3.05) is 13.2 Å². The highest BCUT2D eigenvalue weighted by molar-refractivity contribution is 5.62. The second kappa shape index (κ2) is 6.16. The van der Waals surface area contributed by atoms with E-state index in [1.54, 1.807) is 0 Å². The quantitative estimate of drug-likeness (QED) is 0.941. The van der Waals surface area contributed by atoms with Crippen LogP contribution < -0.4 is 10.1 Å². The molecule has 120 valence electrons. The van der Waals surface area contributed by atoms with Crippen LogP contribution in [0.25, 0.3) is 6.08 Å². The van der Waals surface area contributed by atoms with Crippen LogP contribution in [0.5, 0.6) is 5.75 Å². The molecule has 5 nitrogen and oxygen atoms in total. The molecule has 0 saturated heterocycles. The minimum Gasteiger partial charge on any atom is -0.489 e. The highest BCUT2D eigenvalue weighted by Gasteiger charge is 2.21. The normalized spacial score (nSPS) is 19.5. The van der Waals surface area contributed by atoms with Crippen LogP contribution >= 0.6 is 0 Å². The third-order valence-electron chi connectivity index (χ3n) is 4.53. The molecule has 1 N–H and O–H groups in total. The minimum atomic E-state index is 0.451. The van der Waals surface area contributed by atoms with Crippen molar-refractivity contribution in [3.05, 3.63) is 47.1 Å². The van der Waals surface area contributed by atoms with E-state index < -0.39 is 0 Å². The highest BCUT2D eigenvalue weighted by Crippen LogP contribution is 2.25. The summed E-state index contributed by atoms with van der Waals surface area (Å²) in [5.74, 6) is 3.07. The Balaban J connectivity index is 1.38. The third-order valence-corrected chi connectivity index (χ3v) is 4.53. The molecule has 5 heteroatoms. The first kappa shape index (κ1) is 14.5. The number of aromatic nitrogens is 3. The Morgan fingerprint density at radius 2 is 2.26 bits per heavy atom. The maximum Gasteiger partial charge on any atom is 0.150 e. The lowest BCUT2D eigenvalue weighted by Gasteiger charge is -2.25. The fourth-order valence-corrected chi connectivity index (χ4v) is 3.22. The second-order valence-electron chi connectivity index (χ2n) is 6.23. The molecular weight excluding hydrogens is 288 g/mol. The number of para-hydroxylation sites is 1. The van der Waals surface area contributed by atoms with Gasteiger partial charge in [-0.25, -0.2) is 9.67 Å². The molecular formula is C18H22N4O. The summed E-state index contributed by atoms with van der Waals surface area (Å²) in [5.41, 5.74) is 2.47. The van der Waals surface area contributed by atoms with Gasteiger partial charge in [-0.05, 0) is 24.1 Å². The van der Waals surface area contributed by atoms with Crippen LogP contribution in [0.2, 0.25) is 0 Å². The van der Waals surface area contributed by atoms with Gasteiger partial charge in [0.1, 0.15) is 18.2 Å². The van der Waals surface area contributed by atoms with Gasteiger partial charge in [0.05, 0.1) is 6.54 Å². The predicted octanol–water partition coefficient (Wildman–Crippen LogP) is 2.22. The zero-order chi connectivity index (χ0) is 15.6. The van der Waals surface area contributed by atoms with E-state index >= 15 is 0 Å². The lowest BCUT2D eigenvalue weighted by atomic mass is 10.1. The summed E-state index contributed by atoms with van der Waals surface area (Å²) >= 11 is 0. The fraction of sp³-hybridized carbons (Fsp3) is 0.444. The molecule has 3 heterocycles. The van der Waals surface area contributed by atoms with E-state index in [1.807, 2.05) is 18.2 Å². The Morgan fingerprint density at radius 1 is 1.35 bits per heavy atom. The largest absolute Gasteiger partial charge is 0.489 e. The number of nitrogens with one attached hydrogen (secondary N) is 1. The van der Waals surface area contributed by atoms with Gasteiger partial charge in [0.25, 0.3) is 0 Å². The molecule has 0 spiro atoms. The summed E-state index contributed by atoms with van der Waals surface area (Å²) in [5, 5.41) is 8.22. The second-order valence-corrected chi connectivity index (χ2v) is 6.23. The van der Waals surface area contributed by atoms with Crippen LogP contribution in [-0.4, -0.2) is 34.0 Å². The van der Waals surface area contributed by atoms with Gasteiger partial charge in [0.2, 0.25) is 0 Å². The number of hydrogen-bond acceptors (Lipinski definition) is 4. The number of aryl methyl sites for hydroxylation is 2. The Hall–Kier alpha value is -2.14. The van der Waals surface area contributed by atoms with Crippen molar-refractivity contribution >= 4 is 6.08 Å². The maximum absolute atomic E-state index is 5.81. The van der Waals surface area contributed by atoms with Crippen molar-refractivity contribution in [1.29, 1.82) is 0 Å². The topological polar surface area (TPSA) is 52.0 Å². The van der Waals surface area contributed by atoms with Gasteiger partial charge in [-0.3, -0.25) is 0 Å². The molecule has 0 fully saturated rings. The van der Waals surface area contributed by atoms with Gasteiger partial charge in [-0.2, -0.15) is 5.10 Å². The van der Waals surface area contributed by atoms with E-state index in [0.29, 0.717) is 12.6 Å². The van der Waals surface area contributed by atoms with Crippen molar-refractivity contribution < 1.29 is 4.74 Å². The lowest BCUT2D eigenvalue weighted by Crippen LogP contribution is -2.39. The molecule has 0 bridgehead atoms. The molecule has 0 aliphatic carbocycles. The van der Waals surface area contributed by atoms with E-state index in [0.717, 1.165) is 49.8 Å². The summed E-state index contributed by atoms with van der Waals surface area (Å²) in [4.78, 5) is 4.57. The predicted molar refractivity (Wildman–Crippen MR) is 89.4 cm³/mol. The SMILES string of the molecule is CCc1nc2n(n1)C[C@H](NCC1=Cc3ccccc3OC1)CC2. The van der Waals surface area contributed by atoms with Crippen molar-refractivity contribution in [2.24, 2.45) is 0 Å². The van der Waals surface area contributed by atoms with Crippen LogP contribution in [0, 0.1) is 0 Å². The molecule has 2 aliphatic rings. The molecule has 1 atom stereocenters. The average molecular weight is 310 g/mol. The van der Waals surface area contributed by atoms with Crippen molar-refractivity contribution in [3.8, 4) is 5.75 Å². The first-order valence-electron chi connectivity index (χ1n) is 8.39. The van der Waals surface area contributed by atoms with Crippen LogP contribution in [0.1, 0.15) is 30.6 Å². The Bertz CT molecular complexity index is 734. The number of benzene rings is 1. The number of ether oxygens (including phenoxy) is 1. The molecule has 1 aromatic heterocycles. The van der Waals surface area contributed by atoms with Crippen LogP contribution in [0.3, 0.4) is 0 Å². The van der Waals surface area contributed by atoms with E-state index in [9.17, 15) is 0 Å². The third kappa shape index (κ3) is 3.01. The van der Waals surface area contributed by atoms with E-state index in [4.69, 9.17) is 4.74 Å². The summed E-state index contributed by atoms with van der Waals surface area (Å²) in [6.07, 6.45) is 5.27. The van der Waals surface area contributed by atoms with Crippen LogP contribution in [0.15, 0.2) is 29.8 Å². The van der Waals surface area contributed by atoms with Gasteiger partial charge in [0, 0.05) is 31.0 Å². The van der Waals surface area contributed by atoms with Gasteiger partial charge in [0.15, 0.2) is 5.82 Å². The van der Waals surface area contributed by atoms with Gasteiger partial charge < -0.3 is 10.1 Å². The average Bonchev–Trinajstić information content (AvgIpc) is 3.02. The number of fused-ring (bicyclic) bond motifs is 2. The summed E-state index contributed by atoms with van der Waals surface area (Å²) < 4.78 is 7.88. The molecule has 2 aliphatic heterocycles. The summed E-state index contributed by atoms with van der Waals surface area (Å²) in [6.45, 7) is 4.55. The number of hydrogen-bond donors (Lipinski definition) is 1. The number of nitrogens with zero attached hydrogens (tertiary/aromatic N) is 3. The summed E-state index contributed by atoms with van der Waals surface area (Å²) in [6, 6.07) is 8.64. The van der Waals surface area contributed by atoms with Gasteiger partial charge >= 0.3 is 0 Å². The van der Waals surface area contributed by atoms with Crippen molar-refractivity contribution in [1.82, 2.24) is 20.1 Å². The van der Waals surface area contributed by atoms with Crippen molar-refractivity contribution in [2.45, 2.75) is 38.8 Å². The van der Waals surface area contributed by atoms with Gasteiger partial charge in [-0.15, -0.1) is 0 Å². The molecule has 4 rings (SSSR count). The zero-order valence-electron chi connectivity index (χ0n) is 13.5. The monoisotopic (exact) mass is 310 g/mol. The minimum absolute atomic E-state index is 0.451. The van der Waals surface area contributed by atoms with Crippen molar-refractivity contribution in [3.63, 3.8) is 0 Å². The Kier molecular flexibility index (Phi) is 3.87. The molecule has 0 amide bonds. The molecule has 0 unspecified atom stereocenters. The summed E-state index contributed by atoms with van der Waals surface area (Å²) in [7, 11) is 0. The van der Waals surface area contributed by atoms with Crippen LogP contribution in [0.4, 0.5) is 0 Å². The number of rotatable bonds is 4. The smallest absolute Gasteiger partial charge is 0.150 e. The molecule has 2 aromatic rings. The standard InChI is InChI=1S/C18H22N4O/c1-2-17-20-18-8-7-15(11-22(18)21-17)19-10-13-9-14-5-3-4-6-16(14)23-12-13/h3-6,9,15,19H,2,7-8,10-12H2,1H3/t15-/m1/s1. The first-order valence-corrected chi connectivity index (χ1v) is 8.39. The van der Waals surface area contributed by atoms with E-state index in [-0.39, 0.29) is 0 Å². The highest BCUT2D eigenvalue weighted by atomic mass is 16.5. The van der Waals surface area contributed by atoms with E-state index in [2.05, 4.69) is 39.1 Å². The molecule has 0 saturated carbocycles. The molecule has 0 radical (unpaired) electrons. The van der Waals surface area contributed by atoms with Gasteiger partial charge in [-0.1, -0.05) is 25.1 Å². The first-order chi connectivity index (χ1) is 11.3. The maximum atomic E-state index is 5.81. The van der Waals surface area contributed by atoms with E-state index in [1.165, 1.54) is 11.1 Å². The van der Waals surface area contributed by atoms with Crippen LogP contribution in [-0.2, 0) is 19.4 Å². The zero-order valence-corrected chi connectivity index (χ0v) is 13.5. The fourth-order valence-electron chi connectivity index (χ4n) is 3.22.